The van der Waals surface area contributed by atoms with E-state index in [2.05, 4.69) is 15.6 Å². The number of nitrogens with one attached hydrogen (secondary N) is 1. The monoisotopic (exact) mass is 429 g/mol. The van der Waals surface area contributed by atoms with Gasteiger partial charge in [-0.25, -0.2) is 13.1 Å². The van der Waals surface area contributed by atoms with Gasteiger partial charge >= 0.3 is 0 Å². The lowest BCUT2D eigenvalue weighted by Gasteiger charge is -2.16. The molecule has 1 saturated heterocycles. The second-order valence-electron chi connectivity index (χ2n) is 6.91. The molecule has 2 aromatic carbocycles. The van der Waals surface area contributed by atoms with Crippen LogP contribution in [-0.4, -0.2) is 51.8 Å². The van der Waals surface area contributed by atoms with Gasteiger partial charge in [-0.05, 0) is 43.2 Å². The molecular formula is C19H19N5O5S. The fourth-order valence-corrected chi connectivity index (χ4v) is 4.85. The molecule has 4 rings (SSSR count). The summed E-state index contributed by atoms with van der Waals surface area (Å²) in [6, 6.07) is 10.3. The summed E-state index contributed by atoms with van der Waals surface area (Å²) in [5, 5.41) is 20.5. The molecule has 156 valence electrons. The minimum absolute atomic E-state index is 0.0276. The maximum atomic E-state index is 12.7. The Bertz CT molecular complexity index is 1280. The van der Waals surface area contributed by atoms with E-state index in [0.717, 1.165) is 17.5 Å². The summed E-state index contributed by atoms with van der Waals surface area (Å²) in [6.45, 7) is 0.433. The first-order valence-corrected chi connectivity index (χ1v) is 10.8. The van der Waals surface area contributed by atoms with Crippen LogP contribution in [-0.2, 0) is 21.4 Å². The third-order valence-electron chi connectivity index (χ3n) is 4.87. The normalized spacial score (nSPS) is 14.8. The van der Waals surface area contributed by atoms with Gasteiger partial charge in [0.1, 0.15) is 17.8 Å². The van der Waals surface area contributed by atoms with Crippen molar-refractivity contribution in [2.24, 2.45) is 0 Å². The van der Waals surface area contributed by atoms with Crippen LogP contribution in [0.1, 0.15) is 12.8 Å². The smallest absolute Gasteiger partial charge is 0.278 e. The van der Waals surface area contributed by atoms with Crippen LogP contribution in [0, 0.1) is 0 Å². The Morgan fingerprint density at radius 3 is 2.63 bits per heavy atom. The fraction of sp³-hybridized carbons (Fsp3) is 0.263. The fourth-order valence-electron chi connectivity index (χ4n) is 3.31. The molecule has 0 unspecified atom stereocenters. The molecule has 30 heavy (non-hydrogen) atoms. The van der Waals surface area contributed by atoms with Gasteiger partial charge in [-0.15, -0.1) is 5.10 Å². The zero-order valence-corrected chi connectivity index (χ0v) is 16.7. The van der Waals surface area contributed by atoms with Crippen LogP contribution in [0.3, 0.4) is 0 Å². The van der Waals surface area contributed by atoms with Crippen molar-refractivity contribution in [1.29, 1.82) is 0 Å². The van der Waals surface area contributed by atoms with Gasteiger partial charge in [0.2, 0.25) is 15.9 Å². The molecule has 0 spiro atoms. The molecule has 1 aliphatic heterocycles. The van der Waals surface area contributed by atoms with Crippen molar-refractivity contribution in [3.05, 3.63) is 52.8 Å². The molecule has 1 aliphatic rings. The van der Waals surface area contributed by atoms with Gasteiger partial charge in [0.05, 0.1) is 16.0 Å². The second kappa shape index (κ2) is 7.84. The molecule has 0 atom stereocenters. The highest BCUT2D eigenvalue weighted by molar-refractivity contribution is 7.89. The molecule has 1 fully saturated rings. The summed E-state index contributed by atoms with van der Waals surface area (Å²) >= 11 is 0. The standard InChI is InChI=1S/C19H19N5O5S/c25-17-8-7-13(30(28,29)23-9-3-4-10-23)11-16(17)20-18(26)12-24-19(27)14-5-1-2-6-15(14)21-22-24/h1-2,5-8,11,25H,3-4,9-10,12H2,(H,20,26). The van der Waals surface area contributed by atoms with Gasteiger partial charge in [-0.1, -0.05) is 17.3 Å². The lowest BCUT2D eigenvalue weighted by atomic mass is 10.2. The molecule has 1 aromatic heterocycles. The predicted molar refractivity (Wildman–Crippen MR) is 109 cm³/mol. The first kappa shape index (κ1) is 20.0. The molecule has 0 aliphatic carbocycles. The Morgan fingerprint density at radius 2 is 1.87 bits per heavy atom. The van der Waals surface area contributed by atoms with Crippen molar-refractivity contribution in [1.82, 2.24) is 19.3 Å². The van der Waals surface area contributed by atoms with Crippen molar-refractivity contribution in [3.8, 4) is 5.75 Å². The lowest BCUT2D eigenvalue weighted by molar-refractivity contribution is -0.117. The first-order chi connectivity index (χ1) is 14.4. The number of phenols is 1. The summed E-state index contributed by atoms with van der Waals surface area (Å²) in [5.41, 5.74) is -0.135. The van der Waals surface area contributed by atoms with Gasteiger partial charge in [0, 0.05) is 13.1 Å². The summed E-state index contributed by atoms with van der Waals surface area (Å²) in [4.78, 5) is 24.9. The summed E-state index contributed by atoms with van der Waals surface area (Å²) in [6.07, 6.45) is 1.59. The van der Waals surface area contributed by atoms with E-state index >= 15 is 0 Å². The average molecular weight is 429 g/mol. The van der Waals surface area contributed by atoms with E-state index in [1.54, 1.807) is 24.3 Å². The highest BCUT2D eigenvalue weighted by atomic mass is 32.2. The highest BCUT2D eigenvalue weighted by Gasteiger charge is 2.28. The van der Waals surface area contributed by atoms with Crippen LogP contribution in [0.2, 0.25) is 0 Å². The number of amides is 1. The van der Waals surface area contributed by atoms with Crippen molar-refractivity contribution in [2.75, 3.05) is 18.4 Å². The minimum Gasteiger partial charge on any atom is -0.506 e. The Hall–Kier alpha value is -3.31. The second-order valence-corrected chi connectivity index (χ2v) is 8.85. The Morgan fingerprint density at radius 1 is 1.13 bits per heavy atom. The largest absolute Gasteiger partial charge is 0.506 e. The topological polar surface area (TPSA) is 134 Å². The van der Waals surface area contributed by atoms with E-state index in [-0.39, 0.29) is 16.3 Å². The van der Waals surface area contributed by atoms with Crippen LogP contribution in [0.25, 0.3) is 10.9 Å². The SMILES string of the molecule is O=C(Cn1nnc2ccccc2c1=O)Nc1cc(S(=O)(=O)N2CCCC2)ccc1O. The Labute approximate surface area is 171 Å². The lowest BCUT2D eigenvalue weighted by Crippen LogP contribution is -2.30. The number of nitrogens with zero attached hydrogens (tertiary/aromatic N) is 4. The zero-order valence-electron chi connectivity index (χ0n) is 15.9. The molecule has 0 bridgehead atoms. The molecule has 10 nitrogen and oxygen atoms in total. The Kier molecular flexibility index (Phi) is 5.22. The minimum atomic E-state index is -3.71. The van der Waals surface area contributed by atoms with Crippen LogP contribution < -0.4 is 10.9 Å². The number of benzene rings is 2. The third-order valence-corrected chi connectivity index (χ3v) is 6.76. The van der Waals surface area contributed by atoms with E-state index < -0.39 is 28.0 Å². The maximum Gasteiger partial charge on any atom is 0.278 e. The van der Waals surface area contributed by atoms with Gasteiger partial charge in [0.25, 0.3) is 5.56 Å². The molecule has 2 heterocycles. The van der Waals surface area contributed by atoms with Crippen LogP contribution >= 0.6 is 0 Å². The van der Waals surface area contributed by atoms with Crippen molar-refractivity contribution < 1.29 is 18.3 Å². The Balaban J connectivity index is 1.56. The van der Waals surface area contributed by atoms with Crippen LogP contribution in [0.5, 0.6) is 5.75 Å². The van der Waals surface area contributed by atoms with E-state index in [0.29, 0.717) is 24.0 Å². The van der Waals surface area contributed by atoms with Crippen molar-refractivity contribution in [3.63, 3.8) is 0 Å². The molecule has 0 radical (unpaired) electrons. The van der Waals surface area contributed by atoms with Crippen LogP contribution in [0.15, 0.2) is 52.2 Å². The predicted octanol–water partition coefficient (Wildman–Crippen LogP) is 0.920. The van der Waals surface area contributed by atoms with E-state index in [9.17, 15) is 23.1 Å². The number of hydrogen-bond donors (Lipinski definition) is 2. The number of rotatable bonds is 5. The molecule has 11 heteroatoms. The maximum absolute atomic E-state index is 12.7. The van der Waals surface area contributed by atoms with Gasteiger partial charge < -0.3 is 10.4 Å². The molecule has 2 N–H and O–H groups in total. The summed E-state index contributed by atoms with van der Waals surface area (Å²) < 4.78 is 27.7. The van der Waals surface area contributed by atoms with Crippen molar-refractivity contribution >= 4 is 32.5 Å². The summed E-state index contributed by atoms with van der Waals surface area (Å²) in [5.74, 6) is -0.951. The quantitative estimate of drug-likeness (QED) is 0.576. The number of phenolic OH excluding ortho intramolecular Hbond substituents is 1. The highest BCUT2D eigenvalue weighted by Crippen LogP contribution is 2.29. The third kappa shape index (κ3) is 3.76. The molecule has 3 aromatic rings. The van der Waals surface area contributed by atoms with Gasteiger partial charge in [0.15, 0.2) is 0 Å². The van der Waals surface area contributed by atoms with E-state index in [4.69, 9.17) is 0 Å². The number of sulfonamides is 1. The first-order valence-electron chi connectivity index (χ1n) is 9.32. The molecule has 1 amide bonds. The number of carbonyl (C=O) groups is 1. The number of aromatic hydroxyl groups is 1. The molecule has 0 saturated carbocycles. The van der Waals surface area contributed by atoms with Crippen molar-refractivity contribution in [2.45, 2.75) is 24.3 Å². The number of anilines is 1. The number of hydrogen-bond acceptors (Lipinski definition) is 7. The van der Waals surface area contributed by atoms with Gasteiger partial charge in [-0.3, -0.25) is 9.59 Å². The zero-order chi connectivity index (χ0) is 21.3. The van der Waals surface area contributed by atoms with Gasteiger partial charge in [-0.2, -0.15) is 4.31 Å². The average Bonchev–Trinajstić information content (AvgIpc) is 3.28. The molecular weight excluding hydrogens is 410 g/mol. The van der Waals surface area contributed by atoms with Crippen LogP contribution in [0.4, 0.5) is 5.69 Å². The summed E-state index contributed by atoms with van der Waals surface area (Å²) in [7, 11) is -3.71. The van der Waals surface area contributed by atoms with E-state index in [1.807, 2.05) is 0 Å². The number of carbonyl (C=O) groups excluding carboxylic acids is 1. The van der Waals surface area contributed by atoms with E-state index in [1.165, 1.54) is 22.5 Å². The number of fused-ring (bicyclic) bond motifs is 1. The number of aromatic nitrogens is 3.